The summed E-state index contributed by atoms with van der Waals surface area (Å²) >= 11 is 1.28. The van der Waals surface area contributed by atoms with Gasteiger partial charge in [0.05, 0.1) is 30.2 Å². The summed E-state index contributed by atoms with van der Waals surface area (Å²) in [6.45, 7) is 3.26. The summed E-state index contributed by atoms with van der Waals surface area (Å²) in [4.78, 5) is 27.2. The first-order valence-electron chi connectivity index (χ1n) is 10.9. The summed E-state index contributed by atoms with van der Waals surface area (Å²) in [6, 6.07) is 7.80. The fraction of sp³-hybridized carbons (Fsp3) is 0.435. The average molecular weight is 521 g/mol. The maximum atomic E-state index is 13.0. The van der Waals surface area contributed by atoms with Crippen LogP contribution in [0, 0.1) is 11.3 Å². The Hall–Kier alpha value is -2.82. The molecule has 0 bridgehead atoms. The Kier molecular flexibility index (Phi) is 8.98. The number of methoxy groups -OCH3 is 2. The number of carbonyl (C=O) groups is 2. The summed E-state index contributed by atoms with van der Waals surface area (Å²) in [5, 5.41) is 12.9. The predicted molar refractivity (Wildman–Crippen MR) is 131 cm³/mol. The first-order valence-corrected chi connectivity index (χ1v) is 13.2. The third kappa shape index (κ3) is 6.06. The van der Waals surface area contributed by atoms with Crippen molar-refractivity contribution >= 4 is 38.2 Å². The van der Waals surface area contributed by atoms with Gasteiger partial charge in [0.25, 0.3) is 5.91 Å². The van der Waals surface area contributed by atoms with E-state index in [0.29, 0.717) is 30.1 Å². The number of amides is 2. The first kappa shape index (κ1) is 26.8. The fourth-order valence-electron chi connectivity index (χ4n) is 3.72. The molecule has 0 fully saturated rings. The number of sulfonamides is 1. The van der Waals surface area contributed by atoms with Gasteiger partial charge in [0.1, 0.15) is 11.1 Å². The maximum Gasteiger partial charge on any atom is 0.256 e. The van der Waals surface area contributed by atoms with E-state index in [2.05, 4.69) is 11.4 Å². The summed E-state index contributed by atoms with van der Waals surface area (Å²) in [6.07, 6.45) is 0.555. The van der Waals surface area contributed by atoms with Gasteiger partial charge in [-0.2, -0.15) is 9.57 Å². The molecule has 1 N–H and O–H groups in total. The molecule has 0 aliphatic carbocycles. The number of benzene rings is 1. The van der Waals surface area contributed by atoms with E-state index in [1.165, 1.54) is 61.1 Å². The van der Waals surface area contributed by atoms with E-state index in [-0.39, 0.29) is 42.7 Å². The molecule has 0 spiro atoms. The van der Waals surface area contributed by atoms with Gasteiger partial charge in [-0.15, -0.1) is 11.3 Å². The van der Waals surface area contributed by atoms with E-state index in [1.54, 1.807) is 4.90 Å². The molecule has 0 radical (unpaired) electrons. The molecule has 0 atom stereocenters. The number of thiophene rings is 1. The Morgan fingerprint density at radius 1 is 1.17 bits per heavy atom. The van der Waals surface area contributed by atoms with E-state index in [0.717, 1.165) is 10.4 Å². The highest BCUT2D eigenvalue weighted by atomic mass is 32.2. The number of hydrogen-bond donors (Lipinski definition) is 1. The molecule has 2 heterocycles. The van der Waals surface area contributed by atoms with Crippen molar-refractivity contribution in [2.24, 2.45) is 0 Å². The molecule has 1 aromatic carbocycles. The number of anilines is 1. The molecule has 1 aliphatic rings. The second kappa shape index (κ2) is 11.7. The lowest BCUT2D eigenvalue weighted by Crippen LogP contribution is -2.36. The number of nitrogens with zero attached hydrogens (tertiary/aromatic N) is 3. The van der Waals surface area contributed by atoms with Gasteiger partial charge in [0, 0.05) is 51.2 Å². The van der Waals surface area contributed by atoms with Crippen LogP contribution in [0.25, 0.3) is 0 Å². The number of nitriles is 1. The third-order valence-corrected chi connectivity index (χ3v) is 8.73. The lowest BCUT2D eigenvalue weighted by Gasteiger charge is -2.25. The van der Waals surface area contributed by atoms with Crippen molar-refractivity contribution in [1.82, 2.24) is 9.21 Å². The van der Waals surface area contributed by atoms with Gasteiger partial charge in [0.15, 0.2) is 0 Å². The van der Waals surface area contributed by atoms with E-state index >= 15 is 0 Å². The molecule has 35 heavy (non-hydrogen) atoms. The van der Waals surface area contributed by atoms with E-state index in [9.17, 15) is 23.3 Å². The lowest BCUT2D eigenvalue weighted by atomic mass is 10.0. The molecule has 12 heteroatoms. The van der Waals surface area contributed by atoms with Gasteiger partial charge in [0.2, 0.25) is 15.9 Å². The number of nitrogens with one attached hydrogen (secondary N) is 1. The van der Waals surface area contributed by atoms with Gasteiger partial charge < -0.3 is 19.7 Å². The molecule has 188 valence electrons. The lowest BCUT2D eigenvalue weighted by molar-refractivity contribution is -0.129. The van der Waals surface area contributed by atoms with Crippen LogP contribution < -0.4 is 5.32 Å². The molecule has 2 aromatic rings. The van der Waals surface area contributed by atoms with E-state index < -0.39 is 15.9 Å². The van der Waals surface area contributed by atoms with Crippen molar-refractivity contribution in [3.05, 3.63) is 45.8 Å². The molecular formula is C23H28N4O6S2. The smallest absolute Gasteiger partial charge is 0.256 e. The molecular weight excluding hydrogens is 492 g/mol. The van der Waals surface area contributed by atoms with Gasteiger partial charge in [-0.3, -0.25) is 9.59 Å². The average Bonchev–Trinajstić information content (AvgIpc) is 3.19. The largest absolute Gasteiger partial charge is 0.383 e. The molecule has 3 rings (SSSR count). The van der Waals surface area contributed by atoms with Crippen molar-refractivity contribution in [2.75, 3.05) is 52.4 Å². The second-order valence-corrected chi connectivity index (χ2v) is 10.9. The fourth-order valence-corrected chi connectivity index (χ4v) is 6.34. The van der Waals surface area contributed by atoms with Crippen LogP contribution in [0.3, 0.4) is 0 Å². The van der Waals surface area contributed by atoms with Crippen LogP contribution in [-0.2, 0) is 37.3 Å². The molecule has 0 saturated heterocycles. The molecule has 0 saturated carbocycles. The quantitative estimate of drug-likeness (QED) is 0.508. The zero-order chi connectivity index (χ0) is 25.6. The standard InChI is InChI=1S/C23H28N4O6S2/c1-16(28)26-9-8-19-20(14-24)23(34-21(19)15-26)25-22(29)17-4-6-18(7-5-17)35(30,31)27(10-12-32-2)11-13-33-3/h4-7H,8-13,15H2,1-3H3,(H,25,29). The van der Waals surface area contributed by atoms with Crippen LogP contribution in [-0.4, -0.2) is 76.5 Å². The highest BCUT2D eigenvalue weighted by Gasteiger charge is 2.27. The Bertz CT molecular complexity index is 1210. The number of hydrogen-bond acceptors (Lipinski definition) is 8. The molecule has 2 amide bonds. The third-order valence-electron chi connectivity index (χ3n) is 5.68. The Morgan fingerprint density at radius 3 is 2.34 bits per heavy atom. The zero-order valence-corrected chi connectivity index (χ0v) is 21.5. The van der Waals surface area contributed by atoms with Gasteiger partial charge >= 0.3 is 0 Å². The van der Waals surface area contributed by atoms with Gasteiger partial charge in [-0.05, 0) is 36.2 Å². The highest BCUT2D eigenvalue weighted by Crippen LogP contribution is 2.37. The van der Waals surface area contributed by atoms with Crippen molar-refractivity contribution in [2.45, 2.75) is 24.8 Å². The van der Waals surface area contributed by atoms with Crippen LogP contribution in [0.2, 0.25) is 0 Å². The number of fused-ring (bicyclic) bond motifs is 1. The molecule has 0 unspecified atom stereocenters. The maximum absolute atomic E-state index is 13.0. The normalized spacial score (nSPS) is 13.4. The monoisotopic (exact) mass is 520 g/mol. The zero-order valence-electron chi connectivity index (χ0n) is 19.9. The van der Waals surface area contributed by atoms with Gasteiger partial charge in [-0.1, -0.05) is 0 Å². The van der Waals surface area contributed by atoms with Crippen LogP contribution in [0.5, 0.6) is 0 Å². The minimum atomic E-state index is -3.80. The molecule has 10 nitrogen and oxygen atoms in total. The highest BCUT2D eigenvalue weighted by molar-refractivity contribution is 7.89. The Balaban J connectivity index is 1.78. The van der Waals surface area contributed by atoms with E-state index in [1.807, 2.05) is 0 Å². The number of ether oxygens (including phenoxy) is 2. The minimum Gasteiger partial charge on any atom is -0.383 e. The minimum absolute atomic E-state index is 0.0359. The SMILES string of the molecule is COCCN(CCOC)S(=O)(=O)c1ccc(C(=O)Nc2sc3c(c2C#N)CCN(C(C)=O)C3)cc1. The van der Waals surface area contributed by atoms with Crippen LogP contribution in [0.15, 0.2) is 29.2 Å². The van der Waals surface area contributed by atoms with Crippen molar-refractivity contribution in [3.8, 4) is 6.07 Å². The topological polar surface area (TPSA) is 129 Å². The van der Waals surface area contributed by atoms with Crippen molar-refractivity contribution in [1.29, 1.82) is 5.26 Å². The van der Waals surface area contributed by atoms with Gasteiger partial charge in [-0.25, -0.2) is 8.42 Å². The number of rotatable bonds is 10. The summed E-state index contributed by atoms with van der Waals surface area (Å²) in [7, 11) is -0.812. The van der Waals surface area contributed by atoms with Crippen molar-refractivity contribution < 1.29 is 27.5 Å². The predicted octanol–water partition coefficient (Wildman–Crippen LogP) is 2.06. The number of carbonyl (C=O) groups excluding carboxylic acids is 2. The Morgan fingerprint density at radius 2 is 1.80 bits per heavy atom. The van der Waals surface area contributed by atoms with Crippen LogP contribution in [0.1, 0.15) is 33.3 Å². The van der Waals surface area contributed by atoms with Crippen molar-refractivity contribution in [3.63, 3.8) is 0 Å². The molecule has 1 aromatic heterocycles. The summed E-state index contributed by atoms with van der Waals surface area (Å²) < 4.78 is 37.4. The van der Waals surface area contributed by atoms with Crippen LogP contribution >= 0.6 is 11.3 Å². The second-order valence-electron chi connectivity index (χ2n) is 7.88. The van der Waals surface area contributed by atoms with E-state index in [4.69, 9.17) is 9.47 Å². The first-order chi connectivity index (χ1) is 16.7. The summed E-state index contributed by atoms with van der Waals surface area (Å²) in [5.41, 5.74) is 1.52. The summed E-state index contributed by atoms with van der Waals surface area (Å²) in [5.74, 6) is -0.491. The molecule has 1 aliphatic heterocycles. The Labute approximate surface area is 209 Å². The van der Waals surface area contributed by atoms with Crippen LogP contribution in [0.4, 0.5) is 5.00 Å².